The Bertz CT molecular complexity index is 270. The molecule has 0 aromatic heterocycles. The maximum absolute atomic E-state index is 11.6. The van der Waals surface area contributed by atoms with Crippen LogP contribution < -0.4 is 10.6 Å². The fourth-order valence-corrected chi connectivity index (χ4v) is 2.29. The first-order chi connectivity index (χ1) is 6.72. The lowest BCUT2D eigenvalue weighted by molar-refractivity contribution is -0.129. The van der Waals surface area contributed by atoms with Crippen LogP contribution in [-0.2, 0) is 4.79 Å². The zero-order valence-electron chi connectivity index (χ0n) is 8.29. The number of hydrogen-bond donors (Lipinski definition) is 2. The smallest absolute Gasteiger partial charge is 0.225 e. The van der Waals surface area contributed by atoms with Crippen molar-refractivity contribution in [1.82, 2.24) is 10.6 Å². The summed E-state index contributed by atoms with van der Waals surface area (Å²) in [6.07, 6.45) is 1.14. The largest absolute Gasteiger partial charge is 0.354 e. The van der Waals surface area contributed by atoms with Gasteiger partial charge in [0.25, 0.3) is 0 Å². The van der Waals surface area contributed by atoms with E-state index in [2.05, 4.69) is 16.7 Å². The number of nitrogens with one attached hydrogen (secondary N) is 2. The topological polar surface area (TPSA) is 64.9 Å². The summed E-state index contributed by atoms with van der Waals surface area (Å²) >= 11 is 0. The van der Waals surface area contributed by atoms with Crippen LogP contribution in [0.15, 0.2) is 0 Å². The highest BCUT2D eigenvalue weighted by Crippen LogP contribution is 2.39. The molecule has 1 amide bonds. The third-order valence-electron chi connectivity index (χ3n) is 3.25. The molecule has 0 aromatic rings. The predicted octanol–water partition coefficient (Wildman–Crippen LogP) is -0.130. The lowest BCUT2D eigenvalue weighted by atomic mass is 9.73. The van der Waals surface area contributed by atoms with Crippen molar-refractivity contribution < 1.29 is 4.79 Å². The maximum Gasteiger partial charge on any atom is 0.225 e. The molecule has 3 rings (SSSR count). The second kappa shape index (κ2) is 3.58. The fraction of sp³-hybridized carbons (Fsp3) is 0.800. The minimum absolute atomic E-state index is 0.0929. The highest BCUT2D eigenvalue weighted by molar-refractivity contribution is 5.81. The number of carbonyl (C=O) groups is 1. The molecule has 3 aliphatic rings. The first-order valence-electron chi connectivity index (χ1n) is 5.13. The van der Waals surface area contributed by atoms with Crippen molar-refractivity contribution in [3.8, 4) is 6.07 Å². The molecule has 76 valence electrons. The molecule has 3 fully saturated rings. The van der Waals surface area contributed by atoms with Crippen molar-refractivity contribution in [2.24, 2.45) is 17.8 Å². The van der Waals surface area contributed by atoms with E-state index in [1.807, 2.05) is 6.92 Å². The van der Waals surface area contributed by atoms with Crippen molar-refractivity contribution in [1.29, 1.82) is 5.26 Å². The van der Waals surface area contributed by atoms with Crippen molar-refractivity contribution in [3.63, 3.8) is 0 Å². The molecule has 0 aromatic carbocycles. The van der Waals surface area contributed by atoms with Gasteiger partial charge >= 0.3 is 0 Å². The van der Waals surface area contributed by atoms with E-state index in [9.17, 15) is 4.79 Å². The number of amides is 1. The molecule has 14 heavy (non-hydrogen) atoms. The van der Waals surface area contributed by atoms with Gasteiger partial charge in [0.15, 0.2) is 0 Å². The summed E-state index contributed by atoms with van der Waals surface area (Å²) in [5.41, 5.74) is 0. The molecular weight excluding hydrogens is 178 g/mol. The van der Waals surface area contributed by atoms with Gasteiger partial charge in [0, 0.05) is 12.6 Å². The van der Waals surface area contributed by atoms with Gasteiger partial charge in [-0.3, -0.25) is 4.79 Å². The Morgan fingerprint density at radius 1 is 1.79 bits per heavy atom. The molecule has 0 spiro atoms. The highest BCUT2D eigenvalue weighted by Gasteiger charge is 2.50. The third-order valence-corrected chi connectivity index (χ3v) is 3.25. The Hall–Kier alpha value is -1.08. The minimum atomic E-state index is -0.0929. The van der Waals surface area contributed by atoms with Crippen LogP contribution in [-0.4, -0.2) is 25.0 Å². The zero-order valence-corrected chi connectivity index (χ0v) is 8.29. The van der Waals surface area contributed by atoms with Gasteiger partial charge in [0.1, 0.15) is 0 Å². The summed E-state index contributed by atoms with van der Waals surface area (Å²) < 4.78 is 0. The Kier molecular flexibility index (Phi) is 2.42. The molecule has 2 aliphatic heterocycles. The van der Waals surface area contributed by atoms with E-state index in [-0.39, 0.29) is 17.7 Å². The quantitative estimate of drug-likeness (QED) is 0.656. The van der Waals surface area contributed by atoms with E-state index in [1.54, 1.807) is 0 Å². The molecule has 0 radical (unpaired) electrons. The second-order valence-electron chi connectivity index (χ2n) is 4.31. The summed E-state index contributed by atoms with van der Waals surface area (Å²) in [6.45, 7) is 3.27. The molecule has 4 unspecified atom stereocenters. The zero-order chi connectivity index (χ0) is 10.1. The summed E-state index contributed by atoms with van der Waals surface area (Å²) in [5, 5.41) is 14.7. The van der Waals surface area contributed by atoms with E-state index in [0.717, 1.165) is 13.0 Å². The first-order valence-corrected chi connectivity index (χ1v) is 5.13. The summed E-state index contributed by atoms with van der Waals surface area (Å²) in [5.74, 6) is 0.737. The van der Waals surface area contributed by atoms with E-state index >= 15 is 0 Å². The SMILES string of the molecule is CC(C#N)CNC(=O)C1C2CNC1C2. The number of carbonyl (C=O) groups excluding carboxylic acids is 1. The van der Waals surface area contributed by atoms with Crippen LogP contribution in [0.25, 0.3) is 0 Å². The Labute approximate surface area is 83.7 Å². The first kappa shape index (κ1) is 9.47. The molecule has 2 bridgehead atoms. The van der Waals surface area contributed by atoms with Gasteiger partial charge in [-0.2, -0.15) is 5.26 Å². The molecule has 2 heterocycles. The number of hydrogen-bond acceptors (Lipinski definition) is 3. The Morgan fingerprint density at radius 3 is 3.07 bits per heavy atom. The van der Waals surface area contributed by atoms with E-state index in [0.29, 0.717) is 18.5 Å². The van der Waals surface area contributed by atoms with Crippen molar-refractivity contribution in [2.75, 3.05) is 13.1 Å². The summed E-state index contributed by atoms with van der Waals surface area (Å²) in [7, 11) is 0. The van der Waals surface area contributed by atoms with Crippen LogP contribution >= 0.6 is 0 Å². The van der Waals surface area contributed by atoms with Crippen LogP contribution in [0.4, 0.5) is 0 Å². The number of rotatable bonds is 3. The lowest BCUT2D eigenvalue weighted by Gasteiger charge is -2.33. The van der Waals surface area contributed by atoms with E-state index in [1.165, 1.54) is 0 Å². The van der Waals surface area contributed by atoms with Gasteiger partial charge in [-0.1, -0.05) is 0 Å². The third kappa shape index (κ3) is 1.48. The van der Waals surface area contributed by atoms with Gasteiger partial charge < -0.3 is 10.6 Å². The fourth-order valence-electron chi connectivity index (χ4n) is 2.29. The number of nitrogens with zero attached hydrogens (tertiary/aromatic N) is 1. The maximum atomic E-state index is 11.6. The number of nitriles is 1. The van der Waals surface area contributed by atoms with Crippen LogP contribution in [0.3, 0.4) is 0 Å². The van der Waals surface area contributed by atoms with Crippen LogP contribution in [0.5, 0.6) is 0 Å². The van der Waals surface area contributed by atoms with Crippen molar-refractivity contribution >= 4 is 5.91 Å². The second-order valence-corrected chi connectivity index (χ2v) is 4.31. The van der Waals surface area contributed by atoms with Gasteiger partial charge in [-0.15, -0.1) is 0 Å². The van der Waals surface area contributed by atoms with Crippen LogP contribution in [0.2, 0.25) is 0 Å². The van der Waals surface area contributed by atoms with Gasteiger partial charge in [0.05, 0.1) is 17.9 Å². The monoisotopic (exact) mass is 193 g/mol. The Balaban J connectivity index is 1.77. The molecule has 2 N–H and O–H groups in total. The Morgan fingerprint density at radius 2 is 2.57 bits per heavy atom. The normalized spacial score (nSPS) is 35.6. The summed E-state index contributed by atoms with van der Waals surface area (Å²) in [6, 6.07) is 2.50. The standard InChI is InChI=1S/C10H15N3O/c1-6(3-11)4-13-10(14)9-7-2-8(9)12-5-7/h6-9,12H,2,4-5H2,1H3,(H,13,14). The van der Waals surface area contributed by atoms with Crippen molar-refractivity contribution in [3.05, 3.63) is 0 Å². The average Bonchev–Trinajstić information content (AvgIpc) is 2.75. The average molecular weight is 193 g/mol. The molecule has 4 heteroatoms. The summed E-state index contributed by atoms with van der Waals surface area (Å²) in [4.78, 5) is 11.6. The molecule has 4 atom stereocenters. The lowest BCUT2D eigenvalue weighted by Crippen LogP contribution is -2.48. The molecule has 1 aliphatic carbocycles. The van der Waals surface area contributed by atoms with Crippen LogP contribution in [0, 0.1) is 29.1 Å². The van der Waals surface area contributed by atoms with Gasteiger partial charge in [-0.25, -0.2) is 0 Å². The highest BCUT2D eigenvalue weighted by atomic mass is 16.2. The minimum Gasteiger partial charge on any atom is -0.354 e. The predicted molar refractivity (Wildman–Crippen MR) is 51.2 cm³/mol. The van der Waals surface area contributed by atoms with Gasteiger partial charge in [-0.05, 0) is 25.8 Å². The molecule has 1 saturated carbocycles. The van der Waals surface area contributed by atoms with Gasteiger partial charge in [0.2, 0.25) is 5.91 Å². The molecule has 2 saturated heterocycles. The van der Waals surface area contributed by atoms with E-state index in [4.69, 9.17) is 5.26 Å². The van der Waals surface area contributed by atoms with E-state index < -0.39 is 0 Å². The molecular formula is C10H15N3O. The van der Waals surface area contributed by atoms with Crippen LogP contribution in [0.1, 0.15) is 13.3 Å². The van der Waals surface area contributed by atoms with Crippen molar-refractivity contribution in [2.45, 2.75) is 19.4 Å². The molecule has 4 nitrogen and oxygen atoms in total. The number of fused-ring (bicyclic) bond motifs is 1.